The largest absolute Gasteiger partial charge is 0.496 e. The van der Waals surface area contributed by atoms with Gasteiger partial charge in [-0.15, -0.1) is 0 Å². The zero-order chi connectivity index (χ0) is 17.7. The first-order valence-electron chi connectivity index (χ1n) is 7.46. The van der Waals surface area contributed by atoms with E-state index in [0.717, 1.165) is 11.3 Å². The summed E-state index contributed by atoms with van der Waals surface area (Å²) >= 11 is 12.0. The fourth-order valence-electron chi connectivity index (χ4n) is 2.47. The number of carbonyl (C=O) groups is 1. The zero-order valence-corrected chi connectivity index (χ0v) is 15.4. The Labute approximate surface area is 152 Å². The summed E-state index contributed by atoms with van der Waals surface area (Å²) in [6.07, 6.45) is 0. The molecule has 2 aromatic carbocycles. The number of carbonyl (C=O) groups excluding carboxylic acids is 1. The number of para-hydroxylation sites is 1. The quantitative estimate of drug-likeness (QED) is 0.838. The minimum Gasteiger partial charge on any atom is -0.496 e. The molecule has 24 heavy (non-hydrogen) atoms. The van der Waals surface area contributed by atoms with Crippen molar-refractivity contribution in [3.05, 3.63) is 63.6 Å². The van der Waals surface area contributed by atoms with Gasteiger partial charge in [0.1, 0.15) is 5.75 Å². The Bertz CT molecular complexity index is 720. The average Bonchev–Trinajstić information content (AvgIpc) is 2.55. The number of likely N-dealkylation sites (N-methyl/N-ethyl adjacent to an activating group) is 1. The van der Waals surface area contributed by atoms with Gasteiger partial charge in [0.2, 0.25) is 0 Å². The highest BCUT2D eigenvalue weighted by molar-refractivity contribution is 6.36. The molecule has 0 unspecified atom stereocenters. The predicted octanol–water partition coefficient (Wildman–Crippen LogP) is 4.03. The molecule has 0 aromatic heterocycles. The third kappa shape index (κ3) is 4.41. The van der Waals surface area contributed by atoms with E-state index in [1.165, 1.54) is 0 Å². The minimum atomic E-state index is -0.238. The Morgan fingerprint density at radius 2 is 1.92 bits per heavy atom. The van der Waals surface area contributed by atoms with Gasteiger partial charge in [0.25, 0.3) is 5.91 Å². The number of benzene rings is 2. The molecule has 0 saturated heterocycles. The van der Waals surface area contributed by atoms with Crippen LogP contribution in [0.15, 0.2) is 42.5 Å². The van der Waals surface area contributed by atoms with Crippen molar-refractivity contribution < 1.29 is 9.53 Å². The van der Waals surface area contributed by atoms with Crippen LogP contribution in [0.2, 0.25) is 10.0 Å². The first-order chi connectivity index (χ1) is 11.4. The van der Waals surface area contributed by atoms with E-state index in [4.69, 9.17) is 27.9 Å². The smallest absolute Gasteiger partial charge is 0.252 e. The third-order valence-corrected chi connectivity index (χ3v) is 4.30. The van der Waals surface area contributed by atoms with E-state index in [2.05, 4.69) is 5.32 Å². The molecule has 1 N–H and O–H groups in total. The number of nitrogens with one attached hydrogen (secondary N) is 1. The van der Waals surface area contributed by atoms with Gasteiger partial charge in [-0.1, -0.05) is 41.4 Å². The number of hydrogen-bond donors (Lipinski definition) is 1. The molecule has 0 heterocycles. The molecule has 128 valence electrons. The lowest BCUT2D eigenvalue weighted by Crippen LogP contribution is -2.34. The number of methoxy groups -OCH3 is 1. The highest BCUT2D eigenvalue weighted by atomic mass is 35.5. The first-order valence-corrected chi connectivity index (χ1v) is 8.22. The van der Waals surface area contributed by atoms with Crippen LogP contribution in [0.25, 0.3) is 0 Å². The van der Waals surface area contributed by atoms with Gasteiger partial charge in [-0.25, -0.2) is 0 Å². The molecule has 4 nitrogen and oxygen atoms in total. The lowest BCUT2D eigenvalue weighted by atomic mass is 10.0. The topological polar surface area (TPSA) is 41.6 Å². The highest BCUT2D eigenvalue weighted by Gasteiger charge is 2.20. The van der Waals surface area contributed by atoms with Crippen LogP contribution in [0.3, 0.4) is 0 Å². The molecule has 0 bridgehead atoms. The number of halogens is 2. The van der Waals surface area contributed by atoms with E-state index in [-0.39, 0.29) is 11.9 Å². The Balaban J connectivity index is 2.16. The molecule has 0 aliphatic heterocycles. The maximum absolute atomic E-state index is 12.4. The van der Waals surface area contributed by atoms with Crippen LogP contribution in [0, 0.1) is 0 Å². The van der Waals surface area contributed by atoms with E-state index in [9.17, 15) is 4.79 Å². The molecule has 1 amide bonds. The SMILES string of the molecule is COc1ccccc1[C@@H](CNC(=O)c1ccc(Cl)cc1Cl)N(C)C. The molecule has 0 fully saturated rings. The van der Waals surface area contributed by atoms with Crippen molar-refractivity contribution in [3.8, 4) is 5.75 Å². The van der Waals surface area contributed by atoms with E-state index in [0.29, 0.717) is 22.2 Å². The Hall–Kier alpha value is -1.75. The van der Waals surface area contributed by atoms with Gasteiger partial charge in [-0.05, 0) is 38.4 Å². The molecule has 1 atom stereocenters. The number of hydrogen-bond acceptors (Lipinski definition) is 3. The predicted molar refractivity (Wildman–Crippen MR) is 98.2 cm³/mol. The van der Waals surface area contributed by atoms with E-state index < -0.39 is 0 Å². The van der Waals surface area contributed by atoms with Gasteiger partial charge in [0, 0.05) is 17.1 Å². The normalized spacial score (nSPS) is 12.1. The van der Waals surface area contributed by atoms with Crippen molar-refractivity contribution in [1.29, 1.82) is 0 Å². The van der Waals surface area contributed by atoms with Gasteiger partial charge in [-0.3, -0.25) is 4.79 Å². The first kappa shape index (κ1) is 18.6. The average molecular weight is 367 g/mol. The fraction of sp³-hybridized carbons (Fsp3) is 0.278. The van der Waals surface area contributed by atoms with E-state index in [1.807, 2.05) is 43.3 Å². The second kappa shape index (κ2) is 8.38. The van der Waals surface area contributed by atoms with Gasteiger partial charge in [0.05, 0.1) is 23.7 Å². The lowest BCUT2D eigenvalue weighted by Gasteiger charge is -2.26. The maximum atomic E-state index is 12.4. The molecular weight excluding hydrogens is 347 g/mol. The van der Waals surface area contributed by atoms with Crippen molar-refractivity contribution in [1.82, 2.24) is 10.2 Å². The number of rotatable bonds is 6. The molecule has 2 aromatic rings. The number of ether oxygens (including phenoxy) is 1. The molecule has 6 heteroatoms. The molecule has 0 aliphatic carbocycles. The highest BCUT2D eigenvalue weighted by Crippen LogP contribution is 2.27. The van der Waals surface area contributed by atoms with Gasteiger partial charge in [-0.2, -0.15) is 0 Å². The van der Waals surface area contributed by atoms with E-state index in [1.54, 1.807) is 25.3 Å². The maximum Gasteiger partial charge on any atom is 0.252 e. The Morgan fingerprint density at radius 3 is 2.54 bits per heavy atom. The van der Waals surface area contributed by atoms with Crippen LogP contribution < -0.4 is 10.1 Å². The Kier molecular flexibility index (Phi) is 6.49. The molecule has 0 radical (unpaired) electrons. The van der Waals surface area contributed by atoms with Gasteiger partial charge < -0.3 is 15.0 Å². The third-order valence-electron chi connectivity index (χ3n) is 3.75. The minimum absolute atomic E-state index is 0.0313. The zero-order valence-electron chi connectivity index (χ0n) is 13.8. The lowest BCUT2D eigenvalue weighted by molar-refractivity contribution is 0.0941. The van der Waals surface area contributed by atoms with Crippen LogP contribution in [-0.4, -0.2) is 38.6 Å². The summed E-state index contributed by atoms with van der Waals surface area (Å²) in [6, 6.07) is 12.6. The monoisotopic (exact) mass is 366 g/mol. The summed E-state index contributed by atoms with van der Waals surface area (Å²) in [7, 11) is 5.55. The van der Waals surface area contributed by atoms with Crippen molar-refractivity contribution >= 4 is 29.1 Å². The summed E-state index contributed by atoms with van der Waals surface area (Å²) in [4.78, 5) is 14.4. The summed E-state index contributed by atoms with van der Waals surface area (Å²) in [6.45, 7) is 0.422. The van der Waals surface area contributed by atoms with Gasteiger partial charge >= 0.3 is 0 Å². The van der Waals surface area contributed by atoms with Crippen LogP contribution >= 0.6 is 23.2 Å². The van der Waals surface area contributed by atoms with Crippen molar-refractivity contribution in [2.24, 2.45) is 0 Å². The second-order valence-corrected chi connectivity index (χ2v) is 6.40. The van der Waals surface area contributed by atoms with Crippen molar-refractivity contribution in [2.75, 3.05) is 27.7 Å². The van der Waals surface area contributed by atoms with E-state index >= 15 is 0 Å². The van der Waals surface area contributed by atoms with Crippen LogP contribution in [0.5, 0.6) is 5.75 Å². The molecular formula is C18H20Cl2N2O2. The molecule has 0 aliphatic rings. The standard InChI is InChI=1S/C18H20Cl2N2O2/c1-22(2)16(14-6-4-5-7-17(14)24-3)11-21-18(23)13-9-8-12(19)10-15(13)20/h4-10,16H,11H2,1-3H3,(H,21,23)/t16-/m1/s1. The second-order valence-electron chi connectivity index (χ2n) is 5.56. The van der Waals surface area contributed by atoms with Crippen LogP contribution in [0.1, 0.15) is 22.0 Å². The van der Waals surface area contributed by atoms with Crippen molar-refractivity contribution in [2.45, 2.75) is 6.04 Å². The molecule has 2 rings (SSSR count). The summed E-state index contributed by atoms with van der Waals surface area (Å²) in [5, 5.41) is 3.76. The van der Waals surface area contributed by atoms with Crippen molar-refractivity contribution in [3.63, 3.8) is 0 Å². The van der Waals surface area contributed by atoms with Gasteiger partial charge in [0.15, 0.2) is 0 Å². The summed E-state index contributed by atoms with van der Waals surface area (Å²) in [5.74, 6) is 0.549. The molecule has 0 saturated carbocycles. The van der Waals surface area contributed by atoms with Crippen LogP contribution in [-0.2, 0) is 0 Å². The summed E-state index contributed by atoms with van der Waals surface area (Å²) in [5.41, 5.74) is 1.41. The fourth-order valence-corrected chi connectivity index (χ4v) is 2.96. The Morgan fingerprint density at radius 1 is 1.21 bits per heavy atom. The number of nitrogens with zero attached hydrogens (tertiary/aromatic N) is 1. The van der Waals surface area contributed by atoms with Crippen LogP contribution in [0.4, 0.5) is 0 Å². The summed E-state index contributed by atoms with van der Waals surface area (Å²) < 4.78 is 5.43. The molecule has 0 spiro atoms. The number of amides is 1.